The van der Waals surface area contributed by atoms with Crippen molar-refractivity contribution in [3.63, 3.8) is 0 Å². The molecule has 5 heteroatoms. The van der Waals surface area contributed by atoms with E-state index in [4.69, 9.17) is 11.6 Å². The van der Waals surface area contributed by atoms with Crippen LogP contribution in [-0.2, 0) is 0 Å². The van der Waals surface area contributed by atoms with Crippen LogP contribution in [0.1, 0.15) is 34.8 Å². The number of benzene rings is 2. The molecule has 0 radical (unpaired) electrons. The van der Waals surface area contributed by atoms with Gasteiger partial charge in [-0.25, -0.2) is 8.78 Å². The van der Waals surface area contributed by atoms with Gasteiger partial charge in [-0.2, -0.15) is 0 Å². The number of hydrogen-bond donors (Lipinski definition) is 0. The van der Waals surface area contributed by atoms with Crippen molar-refractivity contribution in [3.05, 3.63) is 70.2 Å². The first-order chi connectivity index (χ1) is 10.6. The summed E-state index contributed by atoms with van der Waals surface area (Å²) in [5, 5.41) is 0.0925. The third kappa shape index (κ3) is 2.71. The van der Waals surface area contributed by atoms with E-state index in [1.807, 2.05) is 0 Å². The monoisotopic (exact) mass is 321 g/mol. The van der Waals surface area contributed by atoms with Crippen molar-refractivity contribution < 1.29 is 13.6 Å². The molecule has 2 aromatic carbocycles. The van der Waals surface area contributed by atoms with Crippen molar-refractivity contribution >= 4 is 17.5 Å². The molecular weight excluding hydrogens is 308 g/mol. The van der Waals surface area contributed by atoms with Crippen LogP contribution in [0, 0.1) is 11.6 Å². The molecule has 3 rings (SSSR count). The molecule has 1 aliphatic heterocycles. The minimum atomic E-state index is -0.637. The van der Waals surface area contributed by atoms with Crippen LogP contribution in [0.4, 0.5) is 8.78 Å². The fourth-order valence-electron chi connectivity index (χ4n) is 2.92. The van der Waals surface area contributed by atoms with E-state index in [-0.39, 0.29) is 22.4 Å². The molecule has 1 aliphatic rings. The second kappa shape index (κ2) is 6.05. The van der Waals surface area contributed by atoms with Crippen molar-refractivity contribution in [3.8, 4) is 0 Å². The molecule has 2 aromatic rings. The topological polar surface area (TPSA) is 20.3 Å². The van der Waals surface area contributed by atoms with Crippen molar-refractivity contribution in [2.45, 2.75) is 18.9 Å². The summed E-state index contributed by atoms with van der Waals surface area (Å²) in [5.41, 5.74) is 0.603. The third-order valence-electron chi connectivity index (χ3n) is 3.92. The Bertz CT molecular complexity index is 699. The first-order valence-electron chi connectivity index (χ1n) is 7.08. The quantitative estimate of drug-likeness (QED) is 0.792. The highest BCUT2D eigenvalue weighted by molar-refractivity contribution is 6.33. The molecular formula is C17H14ClF2NO. The van der Waals surface area contributed by atoms with E-state index in [0.717, 1.165) is 18.4 Å². The van der Waals surface area contributed by atoms with Crippen molar-refractivity contribution in [2.24, 2.45) is 0 Å². The molecule has 0 unspecified atom stereocenters. The van der Waals surface area contributed by atoms with Gasteiger partial charge in [0.15, 0.2) is 0 Å². The van der Waals surface area contributed by atoms with E-state index in [1.165, 1.54) is 30.3 Å². The fraction of sp³-hybridized carbons (Fsp3) is 0.235. The lowest BCUT2D eigenvalue weighted by Gasteiger charge is -2.25. The lowest BCUT2D eigenvalue weighted by molar-refractivity contribution is 0.0731. The van der Waals surface area contributed by atoms with Gasteiger partial charge in [0.25, 0.3) is 5.91 Å². The molecule has 0 aromatic heterocycles. The average Bonchev–Trinajstić information content (AvgIpc) is 2.96. The number of carbonyl (C=O) groups excluding carboxylic acids is 1. The molecule has 114 valence electrons. The molecule has 1 atom stereocenters. The maximum absolute atomic E-state index is 14.0. The first-order valence-corrected chi connectivity index (χ1v) is 7.46. The van der Waals surface area contributed by atoms with E-state index in [1.54, 1.807) is 17.0 Å². The smallest absolute Gasteiger partial charge is 0.258 e. The zero-order valence-electron chi connectivity index (χ0n) is 11.7. The van der Waals surface area contributed by atoms with Crippen LogP contribution < -0.4 is 0 Å². The fourth-order valence-corrected chi connectivity index (χ4v) is 3.16. The number of likely N-dealkylation sites (tertiary alicyclic amines) is 1. The van der Waals surface area contributed by atoms with Gasteiger partial charge < -0.3 is 4.90 Å². The summed E-state index contributed by atoms with van der Waals surface area (Å²) in [7, 11) is 0. The molecule has 0 spiro atoms. The predicted molar refractivity (Wildman–Crippen MR) is 80.8 cm³/mol. The minimum Gasteiger partial charge on any atom is -0.331 e. The second-order valence-corrected chi connectivity index (χ2v) is 5.72. The number of nitrogens with zero attached hydrogens (tertiary/aromatic N) is 1. The summed E-state index contributed by atoms with van der Waals surface area (Å²) in [4.78, 5) is 14.2. The number of hydrogen-bond acceptors (Lipinski definition) is 1. The van der Waals surface area contributed by atoms with E-state index in [2.05, 4.69) is 0 Å². The summed E-state index contributed by atoms with van der Waals surface area (Å²) in [6.07, 6.45) is 1.51. The Labute approximate surface area is 132 Å². The first kappa shape index (κ1) is 15.0. The zero-order chi connectivity index (χ0) is 15.7. The lowest BCUT2D eigenvalue weighted by atomic mass is 10.0. The minimum absolute atomic E-state index is 0.0925. The van der Waals surface area contributed by atoms with Crippen LogP contribution in [0.15, 0.2) is 42.5 Å². The SMILES string of the molecule is O=C(c1c(F)cccc1Cl)N1CCC[C@@H]1c1cccc(F)c1. The predicted octanol–water partition coefficient (Wildman–Crippen LogP) is 4.60. The van der Waals surface area contributed by atoms with E-state index in [9.17, 15) is 13.6 Å². The molecule has 1 amide bonds. The summed E-state index contributed by atoms with van der Waals surface area (Å²) < 4.78 is 27.4. The number of rotatable bonds is 2. The highest BCUT2D eigenvalue weighted by Gasteiger charge is 2.32. The van der Waals surface area contributed by atoms with Gasteiger partial charge in [0.2, 0.25) is 0 Å². The Morgan fingerprint density at radius 2 is 1.95 bits per heavy atom. The highest BCUT2D eigenvalue weighted by Crippen LogP contribution is 2.34. The van der Waals surface area contributed by atoms with E-state index >= 15 is 0 Å². The van der Waals surface area contributed by atoms with Crippen LogP contribution >= 0.6 is 11.6 Å². The maximum Gasteiger partial charge on any atom is 0.258 e. The van der Waals surface area contributed by atoms with Crippen LogP contribution in [0.3, 0.4) is 0 Å². The summed E-state index contributed by atoms with van der Waals surface area (Å²) in [5.74, 6) is -1.43. The second-order valence-electron chi connectivity index (χ2n) is 5.31. The van der Waals surface area contributed by atoms with E-state index in [0.29, 0.717) is 6.54 Å². The molecule has 0 N–H and O–H groups in total. The van der Waals surface area contributed by atoms with Crippen molar-refractivity contribution in [1.82, 2.24) is 4.90 Å². The third-order valence-corrected chi connectivity index (χ3v) is 4.24. The normalized spacial score (nSPS) is 17.8. The largest absolute Gasteiger partial charge is 0.331 e. The Balaban J connectivity index is 1.95. The molecule has 1 fully saturated rings. The Morgan fingerprint density at radius 1 is 1.18 bits per heavy atom. The van der Waals surface area contributed by atoms with Gasteiger partial charge in [-0.3, -0.25) is 4.79 Å². The van der Waals surface area contributed by atoms with Crippen molar-refractivity contribution in [2.75, 3.05) is 6.54 Å². The summed E-state index contributed by atoms with van der Waals surface area (Å²) in [6.45, 7) is 0.505. The van der Waals surface area contributed by atoms with Gasteiger partial charge >= 0.3 is 0 Å². The lowest BCUT2D eigenvalue weighted by Crippen LogP contribution is -2.31. The molecule has 0 aliphatic carbocycles. The van der Waals surface area contributed by atoms with Crippen LogP contribution in [-0.4, -0.2) is 17.4 Å². The van der Waals surface area contributed by atoms with Gasteiger partial charge in [-0.1, -0.05) is 29.8 Å². The Kier molecular flexibility index (Phi) is 4.12. The van der Waals surface area contributed by atoms with Crippen LogP contribution in [0.5, 0.6) is 0 Å². The Hall–Kier alpha value is -1.94. The highest BCUT2D eigenvalue weighted by atomic mass is 35.5. The van der Waals surface area contributed by atoms with Gasteiger partial charge in [0, 0.05) is 6.54 Å². The molecule has 2 nitrogen and oxygen atoms in total. The van der Waals surface area contributed by atoms with Gasteiger partial charge in [0.1, 0.15) is 11.6 Å². The number of halogens is 3. The average molecular weight is 322 g/mol. The maximum atomic E-state index is 14.0. The number of carbonyl (C=O) groups is 1. The van der Waals surface area contributed by atoms with Crippen molar-refractivity contribution in [1.29, 1.82) is 0 Å². The molecule has 22 heavy (non-hydrogen) atoms. The van der Waals surface area contributed by atoms with Gasteiger partial charge in [0.05, 0.1) is 16.6 Å². The van der Waals surface area contributed by atoms with Gasteiger partial charge in [-0.15, -0.1) is 0 Å². The zero-order valence-corrected chi connectivity index (χ0v) is 12.5. The van der Waals surface area contributed by atoms with Gasteiger partial charge in [-0.05, 0) is 42.7 Å². The van der Waals surface area contributed by atoms with Crippen LogP contribution in [0.25, 0.3) is 0 Å². The standard InChI is InChI=1S/C17H14ClF2NO/c18-13-6-2-7-14(20)16(13)17(22)21-9-3-8-15(21)11-4-1-5-12(19)10-11/h1-2,4-7,10,15H,3,8-9H2/t15-/m1/s1. The molecule has 0 bridgehead atoms. The summed E-state index contributed by atoms with van der Waals surface area (Å²) >= 11 is 5.97. The number of amides is 1. The summed E-state index contributed by atoms with van der Waals surface area (Å²) in [6, 6.07) is 10.1. The molecule has 1 saturated heterocycles. The van der Waals surface area contributed by atoms with E-state index < -0.39 is 11.7 Å². The Morgan fingerprint density at radius 3 is 2.68 bits per heavy atom. The molecule has 1 heterocycles. The van der Waals surface area contributed by atoms with Crippen LogP contribution in [0.2, 0.25) is 5.02 Å². The molecule has 0 saturated carbocycles.